The van der Waals surface area contributed by atoms with Gasteiger partial charge in [-0.05, 0) is 29.7 Å². The number of hydrogen-bond donors (Lipinski definition) is 1. The number of guanidine groups is 1. The van der Waals surface area contributed by atoms with Gasteiger partial charge in [0.15, 0.2) is 5.96 Å². The van der Waals surface area contributed by atoms with Gasteiger partial charge in [0.05, 0.1) is 7.11 Å². The van der Waals surface area contributed by atoms with Crippen LogP contribution in [0.15, 0.2) is 53.5 Å². The maximum absolute atomic E-state index is 5.35. The van der Waals surface area contributed by atoms with Gasteiger partial charge in [-0.2, -0.15) is 0 Å². The van der Waals surface area contributed by atoms with Crippen molar-refractivity contribution < 1.29 is 4.74 Å². The lowest BCUT2D eigenvalue weighted by Crippen LogP contribution is -2.53. The maximum atomic E-state index is 5.35. The number of rotatable bonds is 4. The van der Waals surface area contributed by atoms with E-state index < -0.39 is 0 Å². The van der Waals surface area contributed by atoms with E-state index in [4.69, 9.17) is 4.74 Å². The number of fused-ring (bicyclic) bond motifs is 1. The van der Waals surface area contributed by atoms with Crippen LogP contribution in [0, 0.1) is 0 Å². The highest BCUT2D eigenvalue weighted by molar-refractivity contribution is 5.80. The molecule has 5 nitrogen and oxygen atoms in total. The Bertz CT molecular complexity index is 811. The minimum absolute atomic E-state index is 0.607. The van der Waals surface area contributed by atoms with Gasteiger partial charge in [0, 0.05) is 57.4 Å². The molecule has 142 valence electrons. The van der Waals surface area contributed by atoms with E-state index in [1.165, 1.54) is 23.2 Å². The predicted octanol–water partition coefficient (Wildman–Crippen LogP) is 2.73. The lowest BCUT2D eigenvalue weighted by atomic mass is 9.78. The molecule has 0 aromatic heterocycles. The smallest absolute Gasteiger partial charge is 0.193 e. The van der Waals surface area contributed by atoms with E-state index in [9.17, 15) is 0 Å². The van der Waals surface area contributed by atoms with Gasteiger partial charge in [-0.3, -0.25) is 4.99 Å². The first kappa shape index (κ1) is 17.7. The SMILES string of the molecule is CN=C(NCC1Cc2ccccc21)N1CCN(c2cccc(OC)c2)CC1. The Morgan fingerprint density at radius 1 is 1.11 bits per heavy atom. The Balaban J connectivity index is 1.30. The number of nitrogens with zero attached hydrogens (tertiary/aromatic N) is 3. The third-order valence-electron chi connectivity index (χ3n) is 5.68. The van der Waals surface area contributed by atoms with Crippen LogP contribution in [0.1, 0.15) is 17.0 Å². The molecule has 2 aromatic carbocycles. The van der Waals surface area contributed by atoms with Crippen LogP contribution < -0.4 is 15.0 Å². The number of aliphatic imine (C=N–C) groups is 1. The molecule has 1 saturated heterocycles. The fourth-order valence-electron chi connectivity index (χ4n) is 4.08. The summed E-state index contributed by atoms with van der Waals surface area (Å²) in [4.78, 5) is 9.29. The second-order valence-corrected chi connectivity index (χ2v) is 7.20. The fourth-order valence-corrected chi connectivity index (χ4v) is 4.08. The molecular formula is C22H28N4O. The molecule has 2 aliphatic rings. The van der Waals surface area contributed by atoms with Crippen molar-refractivity contribution in [1.29, 1.82) is 0 Å². The summed E-state index contributed by atoms with van der Waals surface area (Å²) in [6.45, 7) is 4.87. The van der Waals surface area contributed by atoms with Crippen molar-refractivity contribution in [2.45, 2.75) is 12.3 Å². The Hall–Kier alpha value is -2.69. The van der Waals surface area contributed by atoms with Gasteiger partial charge >= 0.3 is 0 Å². The summed E-state index contributed by atoms with van der Waals surface area (Å²) in [7, 11) is 3.60. The number of ether oxygens (including phenoxy) is 1. The van der Waals surface area contributed by atoms with Gasteiger partial charge in [0.2, 0.25) is 0 Å². The van der Waals surface area contributed by atoms with Crippen molar-refractivity contribution in [2.75, 3.05) is 51.8 Å². The van der Waals surface area contributed by atoms with Crippen molar-refractivity contribution >= 4 is 11.6 Å². The third-order valence-corrected chi connectivity index (χ3v) is 5.68. The van der Waals surface area contributed by atoms with E-state index >= 15 is 0 Å². The Morgan fingerprint density at radius 2 is 1.93 bits per heavy atom. The highest BCUT2D eigenvalue weighted by Crippen LogP contribution is 2.34. The number of piperazine rings is 1. The zero-order valence-electron chi connectivity index (χ0n) is 16.2. The molecule has 1 fully saturated rings. The molecule has 4 rings (SSSR count). The molecule has 27 heavy (non-hydrogen) atoms. The van der Waals surface area contributed by atoms with E-state index in [0.29, 0.717) is 5.92 Å². The molecule has 1 atom stereocenters. The number of methoxy groups -OCH3 is 1. The van der Waals surface area contributed by atoms with Crippen molar-refractivity contribution in [1.82, 2.24) is 10.2 Å². The highest BCUT2D eigenvalue weighted by Gasteiger charge is 2.26. The minimum Gasteiger partial charge on any atom is -0.497 e. The molecule has 1 unspecified atom stereocenters. The maximum Gasteiger partial charge on any atom is 0.193 e. The molecule has 1 N–H and O–H groups in total. The fraction of sp³-hybridized carbons (Fsp3) is 0.409. The topological polar surface area (TPSA) is 40.1 Å². The summed E-state index contributed by atoms with van der Waals surface area (Å²) in [5, 5.41) is 3.59. The lowest BCUT2D eigenvalue weighted by molar-refractivity contribution is 0.369. The summed E-state index contributed by atoms with van der Waals surface area (Å²) in [5.74, 6) is 2.54. The molecule has 0 radical (unpaired) electrons. The highest BCUT2D eigenvalue weighted by atomic mass is 16.5. The van der Waals surface area contributed by atoms with Gasteiger partial charge in [-0.25, -0.2) is 0 Å². The molecule has 1 aliphatic carbocycles. The average Bonchev–Trinajstić information content (AvgIpc) is 2.72. The molecule has 0 bridgehead atoms. The second kappa shape index (κ2) is 7.91. The van der Waals surface area contributed by atoms with Crippen molar-refractivity contribution in [2.24, 2.45) is 4.99 Å². The number of nitrogens with one attached hydrogen (secondary N) is 1. The van der Waals surface area contributed by atoms with Crippen LogP contribution in [0.3, 0.4) is 0 Å². The summed E-state index contributed by atoms with van der Waals surface area (Å²) in [5.41, 5.74) is 4.21. The van der Waals surface area contributed by atoms with E-state index in [0.717, 1.165) is 44.4 Å². The first-order chi connectivity index (χ1) is 13.3. The number of benzene rings is 2. The van der Waals surface area contributed by atoms with Crippen LogP contribution in [-0.4, -0.2) is 57.7 Å². The van der Waals surface area contributed by atoms with Crippen LogP contribution >= 0.6 is 0 Å². The third kappa shape index (κ3) is 3.72. The van der Waals surface area contributed by atoms with Gasteiger partial charge < -0.3 is 19.9 Å². The molecule has 1 aliphatic heterocycles. The zero-order valence-corrected chi connectivity index (χ0v) is 16.2. The standard InChI is InChI=1S/C22H28N4O/c1-23-22(24-16-18-14-17-6-3-4-9-21(17)18)26-12-10-25(11-13-26)19-7-5-8-20(15-19)27-2/h3-9,15,18H,10-14,16H2,1-2H3,(H,23,24). The normalized spacial score (nSPS) is 19.3. The van der Waals surface area contributed by atoms with Crippen LogP contribution in [0.2, 0.25) is 0 Å². The average molecular weight is 364 g/mol. The van der Waals surface area contributed by atoms with Crippen molar-refractivity contribution in [3.05, 3.63) is 59.7 Å². The summed E-state index contributed by atoms with van der Waals surface area (Å²) >= 11 is 0. The van der Waals surface area contributed by atoms with Crippen molar-refractivity contribution in [3.8, 4) is 5.75 Å². The summed E-state index contributed by atoms with van der Waals surface area (Å²) in [6.07, 6.45) is 1.17. The minimum atomic E-state index is 0.607. The number of anilines is 1. The van der Waals surface area contributed by atoms with E-state index in [-0.39, 0.29) is 0 Å². The summed E-state index contributed by atoms with van der Waals surface area (Å²) in [6, 6.07) is 17.1. The molecule has 1 heterocycles. The van der Waals surface area contributed by atoms with E-state index in [1.807, 2.05) is 13.1 Å². The van der Waals surface area contributed by atoms with E-state index in [2.05, 4.69) is 62.6 Å². The van der Waals surface area contributed by atoms with Crippen LogP contribution in [0.5, 0.6) is 5.75 Å². The largest absolute Gasteiger partial charge is 0.497 e. The molecular weight excluding hydrogens is 336 g/mol. The predicted molar refractivity (Wildman–Crippen MR) is 111 cm³/mol. The molecule has 5 heteroatoms. The lowest BCUT2D eigenvalue weighted by Gasteiger charge is -2.38. The quantitative estimate of drug-likeness (QED) is 0.669. The molecule has 0 saturated carbocycles. The monoisotopic (exact) mass is 364 g/mol. The second-order valence-electron chi connectivity index (χ2n) is 7.20. The Kier molecular flexibility index (Phi) is 5.19. The molecule has 0 spiro atoms. The molecule has 2 aromatic rings. The Morgan fingerprint density at radius 3 is 2.67 bits per heavy atom. The van der Waals surface area contributed by atoms with Gasteiger partial charge in [0.25, 0.3) is 0 Å². The van der Waals surface area contributed by atoms with Gasteiger partial charge in [0.1, 0.15) is 5.75 Å². The zero-order chi connectivity index (χ0) is 18.6. The van der Waals surface area contributed by atoms with Gasteiger partial charge in [-0.15, -0.1) is 0 Å². The first-order valence-electron chi connectivity index (χ1n) is 9.71. The van der Waals surface area contributed by atoms with E-state index in [1.54, 1.807) is 7.11 Å². The van der Waals surface area contributed by atoms with Crippen LogP contribution in [0.4, 0.5) is 5.69 Å². The number of hydrogen-bond acceptors (Lipinski definition) is 3. The van der Waals surface area contributed by atoms with Crippen LogP contribution in [-0.2, 0) is 6.42 Å². The van der Waals surface area contributed by atoms with Gasteiger partial charge in [-0.1, -0.05) is 30.3 Å². The van der Waals surface area contributed by atoms with Crippen molar-refractivity contribution in [3.63, 3.8) is 0 Å². The Labute approximate surface area is 161 Å². The molecule has 0 amide bonds. The first-order valence-corrected chi connectivity index (χ1v) is 9.71. The van der Waals surface area contributed by atoms with Crippen LogP contribution in [0.25, 0.3) is 0 Å². The summed E-state index contributed by atoms with van der Waals surface area (Å²) < 4.78 is 5.35.